The molecule has 0 unspecified atom stereocenters. The largest absolute Gasteiger partial charge is 0.366 e. The second-order valence-electron chi connectivity index (χ2n) is 7.06. The number of hydrogen-bond acceptors (Lipinski definition) is 1. The third-order valence-electron chi connectivity index (χ3n) is 4.72. The molecule has 2 rings (SSSR count). The Kier molecular flexibility index (Phi) is 6.71. The summed E-state index contributed by atoms with van der Waals surface area (Å²) in [6.45, 7) is 9.50. The number of carbonyl (C=O) groups is 1. The summed E-state index contributed by atoms with van der Waals surface area (Å²) in [6, 6.07) is 7.71. The van der Waals surface area contributed by atoms with Gasteiger partial charge in [-0.3, -0.25) is 4.79 Å². The van der Waals surface area contributed by atoms with Crippen LogP contribution in [0.15, 0.2) is 24.3 Å². The highest BCUT2D eigenvalue weighted by Crippen LogP contribution is 2.37. The third kappa shape index (κ3) is 4.27. The van der Waals surface area contributed by atoms with Crippen LogP contribution in [0.3, 0.4) is 0 Å². The summed E-state index contributed by atoms with van der Waals surface area (Å²) in [5.41, 5.74) is 10.3. The van der Waals surface area contributed by atoms with Gasteiger partial charge in [-0.1, -0.05) is 57.0 Å². The van der Waals surface area contributed by atoms with Crippen LogP contribution in [0.2, 0.25) is 5.02 Å². The number of amides is 1. The smallest absolute Gasteiger partial charge is 0.251 e. The molecule has 1 aromatic heterocycles. The monoisotopic (exact) mass is 360 g/mol. The predicted octanol–water partition coefficient (Wildman–Crippen LogP) is 5.60. The van der Waals surface area contributed by atoms with E-state index in [1.54, 1.807) is 0 Å². The Hall–Kier alpha value is -1.74. The molecule has 0 fully saturated rings. The number of benzene rings is 1. The molecule has 4 heteroatoms. The van der Waals surface area contributed by atoms with E-state index in [0.29, 0.717) is 16.5 Å². The molecule has 2 N–H and O–H groups in total. The van der Waals surface area contributed by atoms with Crippen LogP contribution in [0.1, 0.15) is 61.8 Å². The van der Waals surface area contributed by atoms with Gasteiger partial charge in [-0.2, -0.15) is 0 Å². The van der Waals surface area contributed by atoms with Crippen LogP contribution in [0.4, 0.5) is 0 Å². The average molecular weight is 361 g/mol. The molecule has 136 valence electrons. The highest BCUT2D eigenvalue weighted by atomic mass is 35.5. The van der Waals surface area contributed by atoms with Crippen molar-refractivity contribution in [2.24, 2.45) is 11.7 Å². The van der Waals surface area contributed by atoms with Gasteiger partial charge in [-0.15, -0.1) is 0 Å². The van der Waals surface area contributed by atoms with Crippen molar-refractivity contribution in [1.82, 2.24) is 4.57 Å². The summed E-state index contributed by atoms with van der Waals surface area (Å²) >= 11 is 6.47. The molecule has 0 saturated carbocycles. The van der Waals surface area contributed by atoms with Gasteiger partial charge in [-0.25, -0.2) is 0 Å². The average Bonchev–Trinajstić information content (AvgIpc) is 2.83. The molecule has 1 heterocycles. The molecule has 0 atom stereocenters. The summed E-state index contributed by atoms with van der Waals surface area (Å²) in [5, 5.41) is 0.656. The van der Waals surface area contributed by atoms with Crippen molar-refractivity contribution in [3.8, 4) is 11.1 Å². The molecule has 0 bridgehead atoms. The number of carbonyl (C=O) groups excluding carboxylic acids is 1. The first-order valence-electron chi connectivity index (χ1n) is 9.15. The van der Waals surface area contributed by atoms with Crippen molar-refractivity contribution < 1.29 is 4.79 Å². The van der Waals surface area contributed by atoms with Crippen molar-refractivity contribution in [2.75, 3.05) is 0 Å². The summed E-state index contributed by atoms with van der Waals surface area (Å²) < 4.78 is 2.29. The fraction of sp³-hybridized carbons (Fsp3) is 0.476. The van der Waals surface area contributed by atoms with Crippen LogP contribution in [0.5, 0.6) is 0 Å². The maximum atomic E-state index is 12.3. The minimum Gasteiger partial charge on any atom is -0.366 e. The first kappa shape index (κ1) is 19.6. The van der Waals surface area contributed by atoms with Gasteiger partial charge < -0.3 is 10.3 Å². The molecule has 0 aliphatic rings. The number of hydrogen-bond donors (Lipinski definition) is 1. The van der Waals surface area contributed by atoms with Gasteiger partial charge >= 0.3 is 0 Å². The van der Waals surface area contributed by atoms with Crippen LogP contribution >= 0.6 is 11.6 Å². The first-order chi connectivity index (χ1) is 11.9. The van der Waals surface area contributed by atoms with E-state index in [4.69, 9.17) is 17.3 Å². The van der Waals surface area contributed by atoms with Crippen LogP contribution in [-0.4, -0.2) is 10.5 Å². The summed E-state index contributed by atoms with van der Waals surface area (Å²) in [4.78, 5) is 12.3. The number of halogens is 1. The number of nitrogens with two attached hydrogens (primary N) is 1. The molecule has 1 aromatic carbocycles. The normalized spacial score (nSPS) is 11.3. The zero-order chi connectivity index (χ0) is 18.6. The maximum Gasteiger partial charge on any atom is 0.251 e. The quantitative estimate of drug-likeness (QED) is 0.653. The van der Waals surface area contributed by atoms with Gasteiger partial charge in [0.05, 0.1) is 5.56 Å². The maximum absolute atomic E-state index is 12.3. The number of aromatic nitrogens is 1. The molecular formula is C21H29ClN2O. The van der Waals surface area contributed by atoms with Crippen molar-refractivity contribution in [1.29, 1.82) is 0 Å². The van der Waals surface area contributed by atoms with Gasteiger partial charge in [-0.05, 0) is 38.2 Å². The lowest BCUT2D eigenvalue weighted by Gasteiger charge is -2.15. The van der Waals surface area contributed by atoms with E-state index in [0.717, 1.165) is 49.0 Å². The third-order valence-corrected chi connectivity index (χ3v) is 5.05. The standard InChI is InChI=1S/C21H29ClN2O/c1-5-6-11-18-20(16-9-7-8-10-17(16)22)19(21(23)25)15(4)24(18)13-12-14(2)3/h7-10,14H,5-6,11-13H2,1-4H3,(H2,23,25). The fourth-order valence-corrected chi connectivity index (χ4v) is 3.58. The Morgan fingerprint density at radius 1 is 1.28 bits per heavy atom. The fourth-order valence-electron chi connectivity index (χ4n) is 3.35. The Labute approximate surface area is 156 Å². The van der Waals surface area contributed by atoms with Crippen molar-refractivity contribution in [3.63, 3.8) is 0 Å². The zero-order valence-electron chi connectivity index (χ0n) is 15.7. The van der Waals surface area contributed by atoms with E-state index in [-0.39, 0.29) is 5.91 Å². The van der Waals surface area contributed by atoms with Crippen molar-refractivity contribution >= 4 is 17.5 Å². The van der Waals surface area contributed by atoms with Crippen LogP contribution in [-0.2, 0) is 13.0 Å². The second-order valence-corrected chi connectivity index (χ2v) is 7.47. The lowest BCUT2D eigenvalue weighted by atomic mass is 9.97. The predicted molar refractivity (Wildman–Crippen MR) is 106 cm³/mol. The molecule has 25 heavy (non-hydrogen) atoms. The highest BCUT2D eigenvalue weighted by molar-refractivity contribution is 6.33. The molecule has 1 amide bonds. The number of nitrogens with zero attached hydrogens (tertiary/aromatic N) is 1. The van der Waals surface area contributed by atoms with Gasteiger partial charge in [0.25, 0.3) is 5.91 Å². The molecule has 0 spiro atoms. The number of unbranched alkanes of at least 4 members (excludes halogenated alkanes) is 1. The Bertz CT molecular complexity index is 747. The highest BCUT2D eigenvalue weighted by Gasteiger charge is 2.25. The Balaban J connectivity index is 2.71. The molecule has 0 aliphatic carbocycles. The van der Waals surface area contributed by atoms with Crippen molar-refractivity contribution in [3.05, 3.63) is 46.2 Å². The van der Waals surface area contributed by atoms with E-state index >= 15 is 0 Å². The van der Waals surface area contributed by atoms with E-state index < -0.39 is 0 Å². The molecule has 3 nitrogen and oxygen atoms in total. The minimum absolute atomic E-state index is 0.381. The van der Waals surface area contributed by atoms with E-state index in [2.05, 4.69) is 25.3 Å². The topological polar surface area (TPSA) is 48.0 Å². The molecule has 0 aliphatic heterocycles. The lowest BCUT2D eigenvalue weighted by molar-refractivity contribution is 0.1000. The minimum atomic E-state index is -0.381. The van der Waals surface area contributed by atoms with E-state index in [1.807, 2.05) is 31.2 Å². The van der Waals surface area contributed by atoms with Gasteiger partial charge in [0.15, 0.2) is 0 Å². The van der Waals surface area contributed by atoms with Gasteiger partial charge in [0, 0.05) is 34.1 Å². The van der Waals surface area contributed by atoms with Crippen molar-refractivity contribution in [2.45, 2.75) is 59.9 Å². The van der Waals surface area contributed by atoms with E-state index in [1.165, 1.54) is 5.69 Å². The Morgan fingerprint density at radius 2 is 1.96 bits per heavy atom. The SMILES string of the molecule is CCCCc1c(-c2ccccc2Cl)c(C(N)=O)c(C)n1CCC(C)C. The zero-order valence-corrected chi connectivity index (χ0v) is 16.5. The second kappa shape index (κ2) is 8.57. The van der Waals surface area contributed by atoms with Crippen LogP contribution < -0.4 is 5.73 Å². The molecule has 0 saturated heterocycles. The molecule has 2 aromatic rings. The lowest BCUT2D eigenvalue weighted by Crippen LogP contribution is -2.13. The molecular weight excluding hydrogens is 332 g/mol. The molecule has 0 radical (unpaired) electrons. The summed E-state index contributed by atoms with van der Waals surface area (Å²) in [6.07, 6.45) is 4.15. The van der Waals surface area contributed by atoms with Gasteiger partial charge in [0.1, 0.15) is 0 Å². The summed E-state index contributed by atoms with van der Waals surface area (Å²) in [5.74, 6) is 0.218. The Morgan fingerprint density at radius 3 is 2.52 bits per heavy atom. The summed E-state index contributed by atoms with van der Waals surface area (Å²) in [7, 11) is 0. The first-order valence-corrected chi connectivity index (χ1v) is 9.52. The number of primary amides is 1. The van der Waals surface area contributed by atoms with Gasteiger partial charge in [0.2, 0.25) is 0 Å². The van der Waals surface area contributed by atoms with Crippen LogP contribution in [0, 0.1) is 12.8 Å². The number of rotatable bonds is 8. The van der Waals surface area contributed by atoms with Crippen LogP contribution in [0.25, 0.3) is 11.1 Å². The van der Waals surface area contributed by atoms with E-state index in [9.17, 15) is 4.79 Å².